The maximum atomic E-state index is 10.5. The summed E-state index contributed by atoms with van der Waals surface area (Å²) in [5.74, 6) is -0.939. The van der Waals surface area contributed by atoms with E-state index in [1.54, 1.807) is 18.2 Å². The first-order chi connectivity index (χ1) is 6.13. The zero-order valence-electron chi connectivity index (χ0n) is 6.66. The molecule has 1 rings (SSSR count). The van der Waals surface area contributed by atoms with Crippen LogP contribution in [0.5, 0.6) is 0 Å². The standard InChI is InChI=1S/C9H7BrO3/c10-8-2-1-6(4-9(12)13)7(3-8)5-11/h1-3,5H,4H2,(H,12,13). The van der Waals surface area contributed by atoms with E-state index in [2.05, 4.69) is 15.9 Å². The zero-order chi connectivity index (χ0) is 9.84. The van der Waals surface area contributed by atoms with E-state index in [9.17, 15) is 9.59 Å². The van der Waals surface area contributed by atoms with Gasteiger partial charge in [-0.3, -0.25) is 9.59 Å². The highest BCUT2D eigenvalue weighted by Crippen LogP contribution is 2.15. The maximum absolute atomic E-state index is 10.5. The van der Waals surface area contributed by atoms with Crippen molar-refractivity contribution in [3.05, 3.63) is 33.8 Å². The van der Waals surface area contributed by atoms with Gasteiger partial charge in [0.1, 0.15) is 6.29 Å². The van der Waals surface area contributed by atoms with Gasteiger partial charge in [-0.25, -0.2) is 0 Å². The maximum Gasteiger partial charge on any atom is 0.307 e. The first-order valence-corrected chi connectivity index (χ1v) is 4.38. The van der Waals surface area contributed by atoms with E-state index in [1.165, 1.54) is 0 Å². The Morgan fingerprint density at radius 2 is 2.23 bits per heavy atom. The molecule has 0 spiro atoms. The molecule has 1 aromatic rings. The lowest BCUT2D eigenvalue weighted by molar-refractivity contribution is -0.136. The molecular formula is C9H7BrO3. The van der Waals surface area contributed by atoms with Crippen molar-refractivity contribution in [2.75, 3.05) is 0 Å². The normalized spacial score (nSPS) is 9.62. The Morgan fingerprint density at radius 3 is 2.77 bits per heavy atom. The minimum absolute atomic E-state index is 0.124. The second-order valence-corrected chi connectivity index (χ2v) is 3.45. The van der Waals surface area contributed by atoms with Gasteiger partial charge in [-0.1, -0.05) is 22.0 Å². The van der Waals surface area contributed by atoms with E-state index in [-0.39, 0.29) is 6.42 Å². The molecule has 68 valence electrons. The molecule has 0 aliphatic heterocycles. The molecule has 0 radical (unpaired) electrons. The van der Waals surface area contributed by atoms with Gasteiger partial charge in [-0.2, -0.15) is 0 Å². The molecule has 0 saturated heterocycles. The summed E-state index contributed by atoms with van der Waals surface area (Å²) in [6, 6.07) is 4.94. The monoisotopic (exact) mass is 242 g/mol. The van der Waals surface area contributed by atoms with Gasteiger partial charge in [-0.15, -0.1) is 0 Å². The molecule has 0 saturated carbocycles. The highest BCUT2D eigenvalue weighted by atomic mass is 79.9. The molecule has 0 unspecified atom stereocenters. The molecule has 3 nitrogen and oxygen atoms in total. The molecule has 0 aliphatic carbocycles. The largest absolute Gasteiger partial charge is 0.481 e. The number of hydrogen-bond acceptors (Lipinski definition) is 2. The number of hydrogen-bond donors (Lipinski definition) is 1. The molecule has 13 heavy (non-hydrogen) atoms. The molecule has 0 heterocycles. The predicted octanol–water partition coefficient (Wildman–Crippen LogP) is 1.89. The Balaban J connectivity index is 3.05. The van der Waals surface area contributed by atoms with Crippen LogP contribution in [0.4, 0.5) is 0 Å². The van der Waals surface area contributed by atoms with Crippen LogP contribution in [0.1, 0.15) is 15.9 Å². The first kappa shape index (κ1) is 9.92. The predicted molar refractivity (Wildman–Crippen MR) is 50.9 cm³/mol. The minimum atomic E-state index is -0.939. The third kappa shape index (κ3) is 2.66. The number of carboxylic acids is 1. The molecule has 0 bridgehead atoms. The van der Waals surface area contributed by atoms with Crippen LogP contribution in [-0.4, -0.2) is 17.4 Å². The second-order valence-electron chi connectivity index (χ2n) is 2.53. The highest BCUT2D eigenvalue weighted by Gasteiger charge is 2.06. The van der Waals surface area contributed by atoms with Crippen LogP contribution >= 0.6 is 15.9 Å². The molecule has 0 aromatic heterocycles. The van der Waals surface area contributed by atoms with Crippen molar-refractivity contribution in [1.82, 2.24) is 0 Å². The Kier molecular flexibility index (Phi) is 3.19. The Labute approximate surface area is 83.5 Å². The second kappa shape index (κ2) is 4.18. The van der Waals surface area contributed by atoms with E-state index in [0.717, 1.165) is 4.47 Å². The average molecular weight is 243 g/mol. The molecule has 4 heteroatoms. The summed E-state index contributed by atoms with van der Waals surface area (Å²) < 4.78 is 0.767. The van der Waals surface area contributed by atoms with Crippen LogP contribution in [0.25, 0.3) is 0 Å². The molecular weight excluding hydrogens is 236 g/mol. The van der Waals surface area contributed by atoms with E-state index in [1.807, 2.05) is 0 Å². The summed E-state index contributed by atoms with van der Waals surface area (Å²) in [6.07, 6.45) is 0.532. The third-order valence-electron chi connectivity index (χ3n) is 1.58. The van der Waals surface area contributed by atoms with Crippen LogP contribution in [0.15, 0.2) is 22.7 Å². The van der Waals surface area contributed by atoms with Crippen molar-refractivity contribution in [3.8, 4) is 0 Å². The van der Waals surface area contributed by atoms with Gasteiger partial charge in [0.2, 0.25) is 0 Å². The molecule has 0 aliphatic rings. The van der Waals surface area contributed by atoms with Gasteiger partial charge in [0.15, 0.2) is 0 Å². The first-order valence-electron chi connectivity index (χ1n) is 3.59. The molecule has 1 N–H and O–H groups in total. The fourth-order valence-corrected chi connectivity index (χ4v) is 1.38. The Hall–Kier alpha value is -1.16. The topological polar surface area (TPSA) is 54.4 Å². The van der Waals surface area contributed by atoms with Crippen molar-refractivity contribution < 1.29 is 14.7 Å². The minimum Gasteiger partial charge on any atom is -0.481 e. The van der Waals surface area contributed by atoms with Crippen molar-refractivity contribution in [1.29, 1.82) is 0 Å². The van der Waals surface area contributed by atoms with E-state index in [0.29, 0.717) is 17.4 Å². The number of aldehydes is 1. The van der Waals surface area contributed by atoms with Gasteiger partial charge in [-0.05, 0) is 17.7 Å². The molecule has 0 fully saturated rings. The smallest absolute Gasteiger partial charge is 0.307 e. The van der Waals surface area contributed by atoms with Crippen molar-refractivity contribution in [3.63, 3.8) is 0 Å². The quantitative estimate of drug-likeness (QED) is 0.824. The number of carbonyl (C=O) groups excluding carboxylic acids is 1. The SMILES string of the molecule is O=Cc1cc(Br)ccc1CC(=O)O. The summed E-state index contributed by atoms with van der Waals surface area (Å²) in [5, 5.41) is 8.53. The fraction of sp³-hybridized carbons (Fsp3) is 0.111. The van der Waals surface area contributed by atoms with E-state index < -0.39 is 5.97 Å². The zero-order valence-corrected chi connectivity index (χ0v) is 8.24. The molecule has 0 atom stereocenters. The van der Waals surface area contributed by atoms with E-state index in [4.69, 9.17) is 5.11 Å². The van der Waals surface area contributed by atoms with Gasteiger partial charge in [0.05, 0.1) is 6.42 Å². The average Bonchev–Trinajstić information content (AvgIpc) is 2.07. The Bertz CT molecular complexity index is 347. The number of benzene rings is 1. The van der Waals surface area contributed by atoms with Crippen molar-refractivity contribution >= 4 is 28.2 Å². The van der Waals surface area contributed by atoms with Crippen molar-refractivity contribution in [2.24, 2.45) is 0 Å². The van der Waals surface area contributed by atoms with Gasteiger partial charge in [0, 0.05) is 10.0 Å². The molecule has 0 amide bonds. The summed E-state index contributed by atoms with van der Waals surface area (Å²) in [7, 11) is 0. The van der Waals surface area contributed by atoms with Crippen LogP contribution in [0.3, 0.4) is 0 Å². The number of carbonyl (C=O) groups is 2. The van der Waals surface area contributed by atoms with Crippen molar-refractivity contribution in [2.45, 2.75) is 6.42 Å². The highest BCUT2D eigenvalue weighted by molar-refractivity contribution is 9.10. The number of carboxylic acid groups (broad SMARTS) is 1. The summed E-state index contributed by atoms with van der Waals surface area (Å²) in [5.41, 5.74) is 0.947. The van der Waals surface area contributed by atoms with Gasteiger partial charge < -0.3 is 5.11 Å². The summed E-state index contributed by atoms with van der Waals surface area (Å²) in [6.45, 7) is 0. The number of aliphatic carboxylic acids is 1. The number of rotatable bonds is 3. The lowest BCUT2D eigenvalue weighted by Gasteiger charge is -2.01. The summed E-state index contributed by atoms with van der Waals surface area (Å²) >= 11 is 3.20. The molecule has 1 aromatic carbocycles. The fourth-order valence-electron chi connectivity index (χ4n) is 0.999. The van der Waals surface area contributed by atoms with Gasteiger partial charge in [0.25, 0.3) is 0 Å². The van der Waals surface area contributed by atoms with Crippen LogP contribution in [0.2, 0.25) is 0 Å². The van der Waals surface area contributed by atoms with Crippen LogP contribution in [0, 0.1) is 0 Å². The van der Waals surface area contributed by atoms with E-state index >= 15 is 0 Å². The van der Waals surface area contributed by atoms with Crippen LogP contribution in [-0.2, 0) is 11.2 Å². The Morgan fingerprint density at radius 1 is 1.54 bits per heavy atom. The summed E-state index contributed by atoms with van der Waals surface area (Å²) in [4.78, 5) is 20.9. The third-order valence-corrected chi connectivity index (χ3v) is 2.07. The van der Waals surface area contributed by atoms with Crippen LogP contribution < -0.4 is 0 Å². The lowest BCUT2D eigenvalue weighted by atomic mass is 10.1. The lowest BCUT2D eigenvalue weighted by Crippen LogP contribution is -2.03. The number of halogens is 1. The van der Waals surface area contributed by atoms with Gasteiger partial charge >= 0.3 is 5.97 Å².